The molecule has 9 heteroatoms. The topological polar surface area (TPSA) is 135 Å². The number of aliphatic carboxylic acids is 1. The lowest BCUT2D eigenvalue weighted by Gasteiger charge is -2.24. The molecule has 0 aliphatic rings. The van der Waals surface area contributed by atoms with Gasteiger partial charge < -0.3 is 5.11 Å². The molecule has 0 unspecified atom stereocenters. The normalized spacial score (nSPS) is 11.8. The van der Waals surface area contributed by atoms with Crippen molar-refractivity contribution in [3.05, 3.63) is 66.2 Å². The van der Waals surface area contributed by atoms with E-state index in [0.29, 0.717) is 18.5 Å². The number of para-hydroxylation sites is 1. The fourth-order valence-corrected chi connectivity index (χ4v) is 2.06. The Labute approximate surface area is 145 Å². The van der Waals surface area contributed by atoms with Crippen molar-refractivity contribution < 1.29 is 32.6 Å². The molecule has 0 saturated heterocycles. The average molecular weight is 369 g/mol. The van der Waals surface area contributed by atoms with Crippen molar-refractivity contribution in [2.24, 2.45) is 0 Å². The molecule has 2 rings (SSSR count). The Bertz CT molecular complexity index is 743. The van der Waals surface area contributed by atoms with E-state index in [1.54, 1.807) is 24.3 Å². The van der Waals surface area contributed by atoms with Crippen LogP contribution < -0.4 is 5.06 Å². The molecular weight excluding hydrogens is 350 g/mol. The molecule has 4 N–H and O–H groups in total. The number of nitrogens with zero attached hydrogens (tertiary/aromatic N) is 1. The molecule has 0 heterocycles. The highest BCUT2D eigenvalue weighted by Crippen LogP contribution is 2.17. The minimum Gasteiger partial charge on any atom is -0.480 e. The fourth-order valence-electron chi connectivity index (χ4n) is 2.06. The molecule has 0 aromatic heterocycles. The molecule has 0 saturated carbocycles. The van der Waals surface area contributed by atoms with Gasteiger partial charge in [0.1, 0.15) is 0 Å². The first-order valence-corrected chi connectivity index (χ1v) is 8.58. The van der Waals surface area contributed by atoms with Gasteiger partial charge >= 0.3 is 16.4 Å². The predicted octanol–water partition coefficient (Wildman–Crippen LogP) is 2.32. The van der Waals surface area contributed by atoms with E-state index in [1.165, 1.54) is 0 Å². The summed E-state index contributed by atoms with van der Waals surface area (Å²) >= 11 is 0. The summed E-state index contributed by atoms with van der Waals surface area (Å²) in [6.45, 7) is 0. The lowest BCUT2D eigenvalue weighted by atomic mass is 10.0. The number of aryl methyl sites for hydroxylation is 1. The number of carboxylic acid groups (broad SMARTS) is 1. The van der Waals surface area contributed by atoms with E-state index in [9.17, 15) is 15.1 Å². The number of carbonyl (C=O) groups is 1. The third-order valence-corrected chi connectivity index (χ3v) is 3.15. The van der Waals surface area contributed by atoms with E-state index in [-0.39, 0.29) is 0 Å². The molecule has 0 aliphatic heterocycles. The SMILES string of the molecule is O=C(O)[C@H](CCc1ccccc1)N(O)c1ccccc1.O=S(=O)(O)O. The van der Waals surface area contributed by atoms with E-state index in [1.807, 2.05) is 36.4 Å². The van der Waals surface area contributed by atoms with Gasteiger partial charge in [-0.2, -0.15) is 8.42 Å². The second kappa shape index (κ2) is 9.74. The maximum Gasteiger partial charge on any atom is 0.394 e. The van der Waals surface area contributed by atoms with Crippen molar-refractivity contribution >= 4 is 22.1 Å². The lowest BCUT2D eigenvalue weighted by Crippen LogP contribution is -2.39. The van der Waals surface area contributed by atoms with Crippen LogP contribution in [0, 0.1) is 0 Å². The van der Waals surface area contributed by atoms with Crippen LogP contribution in [0.25, 0.3) is 0 Å². The summed E-state index contributed by atoms with van der Waals surface area (Å²) in [6, 6.07) is 17.4. The Balaban J connectivity index is 0.000000550. The zero-order valence-electron chi connectivity index (χ0n) is 13.1. The number of hydrogen-bond donors (Lipinski definition) is 4. The first kappa shape index (κ1) is 20.6. The second-order valence-electron chi connectivity index (χ2n) is 5.01. The quantitative estimate of drug-likeness (QED) is 0.450. The highest BCUT2D eigenvalue weighted by molar-refractivity contribution is 7.79. The predicted molar refractivity (Wildman–Crippen MR) is 91.1 cm³/mol. The lowest BCUT2D eigenvalue weighted by molar-refractivity contribution is -0.140. The van der Waals surface area contributed by atoms with Crippen LogP contribution in [0.15, 0.2) is 60.7 Å². The van der Waals surface area contributed by atoms with Gasteiger partial charge in [-0.1, -0.05) is 48.5 Å². The van der Waals surface area contributed by atoms with Gasteiger partial charge in [0.25, 0.3) is 0 Å². The van der Waals surface area contributed by atoms with Crippen LogP contribution in [-0.4, -0.2) is 39.8 Å². The van der Waals surface area contributed by atoms with Crippen molar-refractivity contribution in [3.8, 4) is 0 Å². The molecule has 1 atom stereocenters. The molecule has 0 radical (unpaired) electrons. The van der Waals surface area contributed by atoms with Gasteiger partial charge in [0.05, 0.1) is 5.69 Å². The Morgan fingerprint density at radius 3 is 1.84 bits per heavy atom. The van der Waals surface area contributed by atoms with Crippen molar-refractivity contribution in [3.63, 3.8) is 0 Å². The van der Waals surface area contributed by atoms with Crippen molar-refractivity contribution in [2.75, 3.05) is 5.06 Å². The first-order chi connectivity index (χ1) is 11.7. The smallest absolute Gasteiger partial charge is 0.394 e. The van der Waals surface area contributed by atoms with Gasteiger partial charge in [-0.15, -0.1) is 0 Å². The summed E-state index contributed by atoms with van der Waals surface area (Å²) in [6.07, 6.45) is 0.937. The maximum atomic E-state index is 11.3. The number of rotatable bonds is 6. The van der Waals surface area contributed by atoms with Crippen LogP contribution in [0.2, 0.25) is 0 Å². The summed E-state index contributed by atoms with van der Waals surface area (Å²) in [5.74, 6) is -1.03. The van der Waals surface area contributed by atoms with Crippen LogP contribution in [0.3, 0.4) is 0 Å². The maximum absolute atomic E-state index is 11.3. The van der Waals surface area contributed by atoms with E-state index < -0.39 is 22.4 Å². The van der Waals surface area contributed by atoms with Crippen LogP contribution in [-0.2, 0) is 21.6 Å². The Kier molecular flexibility index (Phi) is 8.02. The van der Waals surface area contributed by atoms with Gasteiger partial charge in [-0.3, -0.25) is 14.3 Å². The molecule has 8 nitrogen and oxygen atoms in total. The molecule has 0 spiro atoms. The second-order valence-corrected chi connectivity index (χ2v) is 5.90. The first-order valence-electron chi connectivity index (χ1n) is 7.18. The summed E-state index contributed by atoms with van der Waals surface area (Å²) in [5.41, 5.74) is 1.54. The molecule has 0 fully saturated rings. The third-order valence-electron chi connectivity index (χ3n) is 3.15. The van der Waals surface area contributed by atoms with Gasteiger partial charge in [-0.05, 0) is 30.5 Å². The minimum atomic E-state index is -4.67. The zero-order chi connectivity index (χ0) is 18.9. The summed E-state index contributed by atoms with van der Waals surface area (Å²) in [5, 5.41) is 20.2. The number of benzene rings is 2. The monoisotopic (exact) mass is 369 g/mol. The molecule has 136 valence electrons. The van der Waals surface area contributed by atoms with Crippen LogP contribution in [0.5, 0.6) is 0 Å². The molecule has 0 aliphatic carbocycles. The van der Waals surface area contributed by atoms with Crippen molar-refractivity contribution in [1.82, 2.24) is 0 Å². The van der Waals surface area contributed by atoms with Gasteiger partial charge in [-0.25, -0.2) is 9.86 Å². The third kappa shape index (κ3) is 8.82. The molecule has 0 amide bonds. The summed E-state index contributed by atoms with van der Waals surface area (Å²) in [4.78, 5) is 11.3. The number of hydrogen-bond acceptors (Lipinski definition) is 5. The summed E-state index contributed by atoms with van der Waals surface area (Å²) in [7, 11) is -4.67. The van der Waals surface area contributed by atoms with E-state index in [0.717, 1.165) is 10.6 Å². The van der Waals surface area contributed by atoms with Crippen LogP contribution in [0.4, 0.5) is 5.69 Å². The average Bonchev–Trinajstić information content (AvgIpc) is 2.55. The van der Waals surface area contributed by atoms with E-state index in [4.69, 9.17) is 17.5 Å². The Morgan fingerprint density at radius 1 is 0.960 bits per heavy atom. The van der Waals surface area contributed by atoms with Crippen molar-refractivity contribution in [1.29, 1.82) is 0 Å². The molecule has 25 heavy (non-hydrogen) atoms. The van der Waals surface area contributed by atoms with Gasteiger partial charge in [0, 0.05) is 0 Å². The zero-order valence-corrected chi connectivity index (χ0v) is 14.0. The number of anilines is 1. The van der Waals surface area contributed by atoms with Crippen LogP contribution >= 0.6 is 0 Å². The van der Waals surface area contributed by atoms with Gasteiger partial charge in [0.15, 0.2) is 6.04 Å². The van der Waals surface area contributed by atoms with E-state index in [2.05, 4.69) is 0 Å². The molecule has 2 aromatic carbocycles. The summed E-state index contributed by atoms with van der Waals surface area (Å²) < 4.78 is 31.6. The molecular formula is C16H19NO7S. The highest BCUT2D eigenvalue weighted by Gasteiger charge is 2.24. The largest absolute Gasteiger partial charge is 0.480 e. The molecule has 2 aromatic rings. The number of carboxylic acids is 1. The standard InChI is InChI=1S/C16H17NO3.H2O4S/c18-16(19)15(12-11-13-7-3-1-4-8-13)17(20)14-9-5-2-6-10-14;1-5(2,3)4/h1-10,15,20H,11-12H2,(H,18,19);(H2,1,2,3,4)/t15-;/m0./s1. The molecule has 0 bridgehead atoms. The van der Waals surface area contributed by atoms with E-state index >= 15 is 0 Å². The van der Waals surface area contributed by atoms with Crippen molar-refractivity contribution in [2.45, 2.75) is 18.9 Å². The minimum absolute atomic E-state index is 0.338. The fraction of sp³-hybridized carbons (Fsp3) is 0.188. The van der Waals surface area contributed by atoms with Crippen LogP contribution in [0.1, 0.15) is 12.0 Å². The highest BCUT2D eigenvalue weighted by atomic mass is 32.3. The number of hydroxylamine groups is 1. The van der Waals surface area contributed by atoms with Gasteiger partial charge in [0.2, 0.25) is 0 Å². The Morgan fingerprint density at radius 2 is 1.40 bits per heavy atom. The Hall–Kier alpha value is -2.46.